The molecule has 0 aromatic rings. The van der Waals surface area contributed by atoms with Crippen molar-refractivity contribution in [2.24, 2.45) is 22.2 Å². The van der Waals surface area contributed by atoms with Crippen LogP contribution in [-0.2, 0) is 4.74 Å². The Balaban J connectivity index is 1.95. The Bertz CT molecular complexity index is 276. The quantitative estimate of drug-likeness (QED) is 0.317. The van der Waals surface area contributed by atoms with E-state index in [1.807, 2.05) is 0 Å². The maximum atomic E-state index is 8.58. The normalized spacial score (nSPS) is 29.6. The molecule has 0 aromatic carbocycles. The van der Waals surface area contributed by atoms with E-state index in [1.165, 1.54) is 19.3 Å². The first-order valence-corrected chi connectivity index (χ1v) is 5.88. The van der Waals surface area contributed by atoms with Crippen molar-refractivity contribution >= 4 is 5.84 Å². The van der Waals surface area contributed by atoms with Gasteiger partial charge in [-0.05, 0) is 18.3 Å². The molecule has 3 N–H and O–H groups in total. The van der Waals surface area contributed by atoms with E-state index in [9.17, 15) is 0 Å². The summed E-state index contributed by atoms with van der Waals surface area (Å²) in [4.78, 5) is 2.28. The highest BCUT2D eigenvalue weighted by Gasteiger charge is 2.49. The second-order valence-corrected chi connectivity index (χ2v) is 5.13. The molecule has 1 saturated heterocycles. The fourth-order valence-electron chi connectivity index (χ4n) is 3.15. The first kappa shape index (κ1) is 11.7. The highest BCUT2D eigenvalue weighted by Crippen LogP contribution is 2.51. The molecule has 2 rings (SSSR count). The van der Waals surface area contributed by atoms with E-state index in [0.29, 0.717) is 23.7 Å². The van der Waals surface area contributed by atoms with Crippen LogP contribution in [0.1, 0.15) is 19.3 Å². The molecule has 5 heteroatoms. The molecule has 1 atom stereocenters. The number of hydrogen-bond acceptors (Lipinski definition) is 4. The molecule has 0 amide bonds. The minimum Gasteiger partial charge on any atom is -0.409 e. The summed E-state index contributed by atoms with van der Waals surface area (Å²) >= 11 is 0. The summed E-state index contributed by atoms with van der Waals surface area (Å²) in [6.45, 7) is 3.46. The Morgan fingerprint density at radius 1 is 1.62 bits per heavy atom. The largest absolute Gasteiger partial charge is 0.409 e. The van der Waals surface area contributed by atoms with Gasteiger partial charge in [0.15, 0.2) is 5.84 Å². The molecular formula is C11H21N3O2. The molecule has 0 radical (unpaired) electrons. The van der Waals surface area contributed by atoms with Crippen LogP contribution in [0, 0.1) is 11.3 Å². The van der Waals surface area contributed by atoms with Crippen LogP contribution in [-0.4, -0.2) is 49.3 Å². The summed E-state index contributed by atoms with van der Waals surface area (Å²) in [5, 5.41) is 11.6. The van der Waals surface area contributed by atoms with Crippen LogP contribution in [0.2, 0.25) is 0 Å². The molecule has 1 saturated carbocycles. The van der Waals surface area contributed by atoms with E-state index in [0.717, 1.165) is 19.7 Å². The molecule has 92 valence electrons. The molecule has 0 unspecified atom stereocenters. The molecule has 1 heterocycles. The van der Waals surface area contributed by atoms with E-state index < -0.39 is 0 Å². The second kappa shape index (κ2) is 4.59. The predicted octanol–water partition coefficient (Wildman–Crippen LogP) is 0.481. The van der Waals surface area contributed by atoms with Crippen molar-refractivity contribution in [1.29, 1.82) is 0 Å². The number of amidine groups is 1. The molecule has 2 aliphatic rings. The van der Waals surface area contributed by atoms with Gasteiger partial charge in [0.2, 0.25) is 0 Å². The fourth-order valence-corrected chi connectivity index (χ4v) is 3.15. The first-order valence-electron chi connectivity index (χ1n) is 5.88. The lowest BCUT2D eigenvalue weighted by Crippen LogP contribution is -2.39. The molecule has 0 aromatic heterocycles. The van der Waals surface area contributed by atoms with Crippen LogP contribution in [0.25, 0.3) is 0 Å². The van der Waals surface area contributed by atoms with E-state index in [-0.39, 0.29) is 0 Å². The van der Waals surface area contributed by atoms with Crippen molar-refractivity contribution in [2.45, 2.75) is 19.3 Å². The average Bonchev–Trinajstić information content (AvgIpc) is 2.57. The molecule has 16 heavy (non-hydrogen) atoms. The van der Waals surface area contributed by atoms with Crippen molar-refractivity contribution in [1.82, 2.24) is 4.90 Å². The van der Waals surface area contributed by atoms with Gasteiger partial charge in [-0.15, -0.1) is 0 Å². The van der Waals surface area contributed by atoms with Crippen LogP contribution >= 0.6 is 0 Å². The highest BCUT2D eigenvalue weighted by atomic mass is 16.5. The maximum absolute atomic E-state index is 8.58. The Morgan fingerprint density at radius 3 is 2.88 bits per heavy atom. The fraction of sp³-hybridized carbons (Fsp3) is 0.909. The monoisotopic (exact) mass is 227 g/mol. The number of methoxy groups -OCH3 is 1. The second-order valence-electron chi connectivity index (χ2n) is 5.13. The predicted molar refractivity (Wildman–Crippen MR) is 61.5 cm³/mol. The summed E-state index contributed by atoms with van der Waals surface area (Å²) in [6, 6.07) is 0. The van der Waals surface area contributed by atoms with Crippen LogP contribution in [0.5, 0.6) is 0 Å². The lowest BCUT2D eigenvalue weighted by atomic mass is 9.63. The summed E-state index contributed by atoms with van der Waals surface area (Å²) in [5.74, 6) is 0.908. The Labute approximate surface area is 96.2 Å². The number of nitrogens with zero attached hydrogens (tertiary/aromatic N) is 2. The number of oxime groups is 1. The van der Waals surface area contributed by atoms with Gasteiger partial charge in [0, 0.05) is 26.1 Å². The van der Waals surface area contributed by atoms with Gasteiger partial charge in [0.1, 0.15) is 0 Å². The summed E-state index contributed by atoms with van der Waals surface area (Å²) in [7, 11) is 1.76. The molecule has 1 aliphatic carbocycles. The molecule has 1 aliphatic heterocycles. The SMILES string of the molecule is COC[C@H]1CN(CC(N)=NO)CC12CCC2. The third-order valence-electron chi connectivity index (χ3n) is 4.11. The Kier molecular flexibility index (Phi) is 3.35. The van der Waals surface area contributed by atoms with E-state index in [1.54, 1.807) is 7.11 Å². The molecular weight excluding hydrogens is 206 g/mol. The van der Waals surface area contributed by atoms with Crippen molar-refractivity contribution in [3.8, 4) is 0 Å². The Hall–Kier alpha value is -0.810. The standard InChI is InChI=1S/C11H21N3O2/c1-16-7-9-5-14(6-10(12)13-15)8-11(9)3-2-4-11/h9,15H,2-8H2,1H3,(H2,12,13)/t9-/m1/s1. The van der Waals surface area contributed by atoms with Crippen molar-refractivity contribution in [3.63, 3.8) is 0 Å². The number of rotatable bonds is 4. The van der Waals surface area contributed by atoms with Crippen molar-refractivity contribution in [3.05, 3.63) is 0 Å². The third-order valence-corrected chi connectivity index (χ3v) is 4.11. The van der Waals surface area contributed by atoms with Gasteiger partial charge in [-0.1, -0.05) is 11.6 Å². The summed E-state index contributed by atoms with van der Waals surface area (Å²) in [5.41, 5.74) is 6.00. The number of ether oxygens (including phenoxy) is 1. The summed E-state index contributed by atoms with van der Waals surface area (Å²) < 4.78 is 5.30. The van der Waals surface area contributed by atoms with Gasteiger partial charge in [0.05, 0.1) is 13.2 Å². The molecule has 1 spiro atoms. The van der Waals surface area contributed by atoms with E-state index >= 15 is 0 Å². The van der Waals surface area contributed by atoms with Crippen molar-refractivity contribution < 1.29 is 9.94 Å². The van der Waals surface area contributed by atoms with E-state index in [4.69, 9.17) is 15.7 Å². The first-order chi connectivity index (χ1) is 7.70. The maximum Gasteiger partial charge on any atom is 0.153 e. The van der Waals surface area contributed by atoms with Crippen molar-refractivity contribution in [2.75, 3.05) is 33.4 Å². The van der Waals surface area contributed by atoms with Gasteiger partial charge in [-0.2, -0.15) is 0 Å². The van der Waals surface area contributed by atoms with Gasteiger partial charge in [-0.25, -0.2) is 0 Å². The van der Waals surface area contributed by atoms with Gasteiger partial charge < -0.3 is 15.7 Å². The smallest absolute Gasteiger partial charge is 0.153 e. The topological polar surface area (TPSA) is 71.1 Å². The zero-order chi connectivity index (χ0) is 11.6. The van der Waals surface area contributed by atoms with Gasteiger partial charge >= 0.3 is 0 Å². The number of likely N-dealkylation sites (tertiary alicyclic amines) is 1. The minimum absolute atomic E-state index is 0.299. The average molecular weight is 227 g/mol. The highest BCUT2D eigenvalue weighted by molar-refractivity contribution is 5.81. The summed E-state index contributed by atoms with van der Waals surface area (Å²) in [6.07, 6.45) is 3.93. The molecule has 0 bridgehead atoms. The lowest BCUT2D eigenvalue weighted by molar-refractivity contribution is 0.0369. The molecule has 5 nitrogen and oxygen atoms in total. The zero-order valence-corrected chi connectivity index (χ0v) is 9.85. The number of nitrogens with two attached hydrogens (primary N) is 1. The Morgan fingerprint density at radius 2 is 2.38 bits per heavy atom. The van der Waals surface area contributed by atoms with Crippen LogP contribution in [0.15, 0.2) is 5.16 Å². The molecule has 2 fully saturated rings. The number of hydrogen-bond donors (Lipinski definition) is 2. The van der Waals surface area contributed by atoms with Crippen LogP contribution in [0.3, 0.4) is 0 Å². The van der Waals surface area contributed by atoms with Gasteiger partial charge in [0.25, 0.3) is 0 Å². The zero-order valence-electron chi connectivity index (χ0n) is 9.85. The van der Waals surface area contributed by atoms with E-state index in [2.05, 4.69) is 10.1 Å². The van der Waals surface area contributed by atoms with Gasteiger partial charge in [-0.3, -0.25) is 4.90 Å². The van der Waals surface area contributed by atoms with Crippen LogP contribution < -0.4 is 5.73 Å². The third kappa shape index (κ3) is 2.01. The lowest BCUT2D eigenvalue weighted by Gasteiger charge is -2.42. The van der Waals surface area contributed by atoms with Crippen LogP contribution in [0.4, 0.5) is 0 Å². The minimum atomic E-state index is 0.299.